The summed E-state index contributed by atoms with van der Waals surface area (Å²) in [7, 11) is 1.56. The van der Waals surface area contributed by atoms with Crippen LogP contribution in [0.15, 0.2) is 18.2 Å². The van der Waals surface area contributed by atoms with Crippen LogP contribution in [0.4, 0.5) is 4.39 Å². The number of carbonyl (C=O) groups excluding carboxylic acids is 1. The van der Waals surface area contributed by atoms with Crippen LogP contribution in [-0.4, -0.2) is 32.2 Å². The highest BCUT2D eigenvalue weighted by Crippen LogP contribution is 2.11. The SMILES string of the molecule is CCC(COC)NC(=O)c1cc(F)ccc1C#CCN. The molecule has 0 aliphatic rings. The van der Waals surface area contributed by atoms with Gasteiger partial charge in [0, 0.05) is 12.7 Å². The minimum Gasteiger partial charge on any atom is -0.383 e. The Morgan fingerprint density at radius 2 is 2.30 bits per heavy atom. The van der Waals surface area contributed by atoms with Crippen LogP contribution in [0.5, 0.6) is 0 Å². The molecule has 20 heavy (non-hydrogen) atoms. The van der Waals surface area contributed by atoms with E-state index in [1.807, 2.05) is 6.92 Å². The van der Waals surface area contributed by atoms with Gasteiger partial charge in [0.25, 0.3) is 5.91 Å². The molecule has 0 aliphatic heterocycles. The Labute approximate surface area is 118 Å². The van der Waals surface area contributed by atoms with Crippen LogP contribution in [0.25, 0.3) is 0 Å². The van der Waals surface area contributed by atoms with Gasteiger partial charge in [-0.3, -0.25) is 4.79 Å². The van der Waals surface area contributed by atoms with Crippen molar-refractivity contribution in [3.63, 3.8) is 0 Å². The van der Waals surface area contributed by atoms with Crippen LogP contribution >= 0.6 is 0 Å². The molecule has 0 spiro atoms. The number of amides is 1. The van der Waals surface area contributed by atoms with Crippen LogP contribution in [0.1, 0.15) is 29.3 Å². The van der Waals surface area contributed by atoms with Crippen molar-refractivity contribution in [2.24, 2.45) is 5.73 Å². The molecule has 1 aromatic carbocycles. The van der Waals surface area contributed by atoms with Gasteiger partial charge in [0.05, 0.1) is 24.8 Å². The van der Waals surface area contributed by atoms with E-state index < -0.39 is 5.82 Å². The molecule has 0 aromatic heterocycles. The number of ether oxygens (including phenoxy) is 1. The summed E-state index contributed by atoms with van der Waals surface area (Å²) in [6.45, 7) is 2.52. The number of halogens is 1. The molecular weight excluding hydrogens is 259 g/mol. The van der Waals surface area contributed by atoms with Crippen molar-refractivity contribution in [2.45, 2.75) is 19.4 Å². The normalized spacial score (nSPS) is 11.4. The van der Waals surface area contributed by atoms with Gasteiger partial charge >= 0.3 is 0 Å². The highest BCUT2D eigenvalue weighted by molar-refractivity contribution is 5.97. The molecule has 0 aliphatic carbocycles. The van der Waals surface area contributed by atoms with E-state index in [0.717, 1.165) is 6.42 Å². The number of benzene rings is 1. The van der Waals surface area contributed by atoms with E-state index >= 15 is 0 Å². The molecule has 0 radical (unpaired) electrons. The number of rotatable bonds is 5. The summed E-state index contributed by atoms with van der Waals surface area (Å²) in [5, 5.41) is 2.80. The third-order valence-electron chi connectivity index (χ3n) is 2.75. The quantitative estimate of drug-likeness (QED) is 0.798. The second-order valence-electron chi connectivity index (χ2n) is 4.23. The number of hydrogen-bond donors (Lipinski definition) is 2. The lowest BCUT2D eigenvalue weighted by molar-refractivity contribution is 0.0894. The zero-order valence-corrected chi connectivity index (χ0v) is 11.7. The highest BCUT2D eigenvalue weighted by atomic mass is 19.1. The average Bonchev–Trinajstić information content (AvgIpc) is 2.45. The van der Waals surface area contributed by atoms with Crippen molar-refractivity contribution < 1.29 is 13.9 Å². The van der Waals surface area contributed by atoms with Crippen LogP contribution in [0.3, 0.4) is 0 Å². The summed E-state index contributed by atoms with van der Waals surface area (Å²) in [5.41, 5.74) is 5.98. The van der Waals surface area contributed by atoms with Crippen molar-refractivity contribution in [3.05, 3.63) is 35.1 Å². The average molecular weight is 278 g/mol. The number of nitrogens with two attached hydrogens (primary N) is 1. The minimum absolute atomic E-state index is 0.119. The lowest BCUT2D eigenvalue weighted by atomic mass is 10.1. The maximum atomic E-state index is 13.3. The van der Waals surface area contributed by atoms with E-state index in [1.165, 1.54) is 18.2 Å². The molecule has 3 N–H and O–H groups in total. The van der Waals surface area contributed by atoms with Gasteiger partial charge < -0.3 is 15.8 Å². The summed E-state index contributed by atoms with van der Waals surface area (Å²) in [6, 6.07) is 3.80. The fourth-order valence-electron chi connectivity index (χ4n) is 1.69. The van der Waals surface area contributed by atoms with E-state index in [0.29, 0.717) is 12.2 Å². The second-order valence-corrected chi connectivity index (χ2v) is 4.23. The smallest absolute Gasteiger partial charge is 0.252 e. The van der Waals surface area contributed by atoms with E-state index in [1.54, 1.807) is 7.11 Å². The highest BCUT2D eigenvalue weighted by Gasteiger charge is 2.15. The zero-order valence-electron chi connectivity index (χ0n) is 11.7. The van der Waals surface area contributed by atoms with Crippen molar-refractivity contribution in [1.29, 1.82) is 0 Å². The van der Waals surface area contributed by atoms with Crippen LogP contribution < -0.4 is 11.1 Å². The van der Waals surface area contributed by atoms with E-state index in [9.17, 15) is 9.18 Å². The van der Waals surface area contributed by atoms with Crippen LogP contribution in [0, 0.1) is 17.7 Å². The van der Waals surface area contributed by atoms with Crippen molar-refractivity contribution >= 4 is 5.91 Å². The van der Waals surface area contributed by atoms with Crippen LogP contribution in [-0.2, 0) is 4.74 Å². The third-order valence-corrected chi connectivity index (χ3v) is 2.75. The summed E-state index contributed by atoms with van der Waals surface area (Å²) in [6.07, 6.45) is 0.721. The maximum Gasteiger partial charge on any atom is 0.252 e. The van der Waals surface area contributed by atoms with Gasteiger partial charge in [0.2, 0.25) is 0 Å². The molecule has 108 valence electrons. The van der Waals surface area contributed by atoms with Gasteiger partial charge in [0.15, 0.2) is 0 Å². The molecule has 1 unspecified atom stereocenters. The van der Waals surface area contributed by atoms with Crippen molar-refractivity contribution in [1.82, 2.24) is 5.32 Å². The maximum absolute atomic E-state index is 13.3. The summed E-state index contributed by atoms with van der Waals surface area (Å²) in [4.78, 5) is 12.2. The lowest BCUT2D eigenvalue weighted by Crippen LogP contribution is -2.37. The number of carbonyl (C=O) groups is 1. The Balaban J connectivity index is 2.98. The summed E-state index contributed by atoms with van der Waals surface area (Å²) in [5.74, 6) is 4.59. The minimum atomic E-state index is -0.478. The molecule has 0 bridgehead atoms. The predicted octanol–water partition coefficient (Wildman–Crippen LogP) is 1.29. The Kier molecular flexibility index (Phi) is 6.71. The zero-order chi connectivity index (χ0) is 15.0. The number of methoxy groups -OCH3 is 1. The topological polar surface area (TPSA) is 64.3 Å². The fourth-order valence-corrected chi connectivity index (χ4v) is 1.69. The molecule has 1 atom stereocenters. The molecule has 1 amide bonds. The van der Waals surface area contributed by atoms with Gasteiger partial charge in [-0.2, -0.15) is 0 Å². The summed E-state index contributed by atoms with van der Waals surface area (Å²) >= 11 is 0. The first-order chi connectivity index (χ1) is 9.62. The first-order valence-electron chi connectivity index (χ1n) is 6.40. The van der Waals surface area contributed by atoms with Gasteiger partial charge in [-0.25, -0.2) is 4.39 Å². The molecular formula is C15H19FN2O2. The van der Waals surface area contributed by atoms with Crippen molar-refractivity contribution in [2.75, 3.05) is 20.3 Å². The second kappa shape index (κ2) is 8.31. The lowest BCUT2D eigenvalue weighted by Gasteiger charge is -2.16. The van der Waals surface area contributed by atoms with Gasteiger partial charge in [-0.15, -0.1) is 0 Å². The molecule has 4 nitrogen and oxygen atoms in total. The molecule has 0 saturated heterocycles. The Hall–Kier alpha value is -1.90. The molecule has 0 fully saturated rings. The molecule has 0 saturated carbocycles. The molecule has 0 heterocycles. The van der Waals surface area contributed by atoms with Gasteiger partial charge in [0.1, 0.15) is 5.82 Å². The van der Waals surface area contributed by atoms with Gasteiger partial charge in [-0.1, -0.05) is 18.8 Å². The monoisotopic (exact) mass is 278 g/mol. The Morgan fingerprint density at radius 3 is 2.90 bits per heavy atom. The first-order valence-corrected chi connectivity index (χ1v) is 6.40. The van der Waals surface area contributed by atoms with E-state index in [4.69, 9.17) is 10.5 Å². The largest absolute Gasteiger partial charge is 0.383 e. The molecule has 5 heteroatoms. The predicted molar refractivity (Wildman–Crippen MR) is 75.8 cm³/mol. The van der Waals surface area contributed by atoms with Crippen molar-refractivity contribution in [3.8, 4) is 11.8 Å². The molecule has 1 rings (SSSR count). The first kappa shape index (κ1) is 16.2. The van der Waals surface area contributed by atoms with Crippen LogP contribution in [0.2, 0.25) is 0 Å². The Morgan fingerprint density at radius 1 is 1.55 bits per heavy atom. The summed E-state index contributed by atoms with van der Waals surface area (Å²) < 4.78 is 18.3. The van der Waals surface area contributed by atoms with Gasteiger partial charge in [-0.05, 0) is 24.6 Å². The molecule has 1 aromatic rings. The number of hydrogen-bond acceptors (Lipinski definition) is 3. The fraction of sp³-hybridized carbons (Fsp3) is 0.400. The Bertz CT molecular complexity index is 520. The number of nitrogens with one attached hydrogen (secondary N) is 1. The van der Waals surface area contributed by atoms with E-state index in [-0.39, 0.29) is 24.1 Å². The third kappa shape index (κ3) is 4.65. The van der Waals surface area contributed by atoms with E-state index in [2.05, 4.69) is 17.2 Å². The standard InChI is InChI=1S/C15H19FN2O2/c1-3-13(10-20-2)18-15(19)14-9-12(16)7-6-11(14)5-4-8-17/h6-7,9,13H,3,8,10,17H2,1-2H3,(H,18,19).